The number of para-hydroxylation sites is 1. The normalized spacial score (nSPS) is 25.5. The van der Waals surface area contributed by atoms with E-state index in [0.717, 1.165) is 12.5 Å². The van der Waals surface area contributed by atoms with Crippen LogP contribution >= 0.6 is 23.2 Å². The highest BCUT2D eigenvalue weighted by atomic mass is 35.5. The van der Waals surface area contributed by atoms with E-state index in [9.17, 15) is 4.79 Å². The lowest BCUT2D eigenvalue weighted by atomic mass is 9.78. The summed E-state index contributed by atoms with van der Waals surface area (Å²) in [6.07, 6.45) is 7.69. The van der Waals surface area contributed by atoms with Crippen molar-refractivity contribution in [3.63, 3.8) is 0 Å². The van der Waals surface area contributed by atoms with Crippen molar-refractivity contribution in [3.05, 3.63) is 28.2 Å². The Bertz CT molecular complexity index is 527. The summed E-state index contributed by atoms with van der Waals surface area (Å²) in [7, 11) is 0. The Kier molecular flexibility index (Phi) is 5.27. The molecule has 120 valence electrons. The van der Waals surface area contributed by atoms with Gasteiger partial charge in [0.25, 0.3) is 0 Å². The van der Waals surface area contributed by atoms with Gasteiger partial charge in [0.1, 0.15) is 0 Å². The molecule has 3 nitrogen and oxygen atoms in total. The molecule has 0 radical (unpaired) electrons. The van der Waals surface area contributed by atoms with Crippen LogP contribution in [-0.4, -0.2) is 29.9 Å². The van der Waals surface area contributed by atoms with Crippen molar-refractivity contribution in [2.75, 3.05) is 18.4 Å². The molecule has 2 fully saturated rings. The first-order chi connectivity index (χ1) is 10.6. The topological polar surface area (TPSA) is 32.3 Å². The SMILES string of the molecule is O=C(CN1CCC[C@@H]2CCCC[C@@H]21)Nc1c(Cl)cccc1Cl. The fourth-order valence-corrected chi connectivity index (χ4v) is 4.40. The number of piperidine rings is 1. The third-order valence-electron chi connectivity index (χ3n) is 4.93. The molecule has 1 aromatic rings. The molecule has 1 saturated carbocycles. The second-order valence-electron chi connectivity index (χ2n) is 6.37. The number of nitrogens with zero attached hydrogens (tertiary/aromatic N) is 1. The van der Waals surface area contributed by atoms with Crippen LogP contribution < -0.4 is 5.32 Å². The Balaban J connectivity index is 1.63. The minimum absolute atomic E-state index is 0.0266. The summed E-state index contributed by atoms with van der Waals surface area (Å²) in [5.41, 5.74) is 0.521. The van der Waals surface area contributed by atoms with Crippen LogP contribution in [0.1, 0.15) is 38.5 Å². The van der Waals surface area contributed by atoms with Gasteiger partial charge >= 0.3 is 0 Å². The van der Waals surface area contributed by atoms with Crippen LogP contribution in [0.5, 0.6) is 0 Å². The number of hydrogen-bond acceptors (Lipinski definition) is 2. The zero-order valence-electron chi connectivity index (χ0n) is 12.7. The molecule has 1 aliphatic carbocycles. The van der Waals surface area contributed by atoms with Gasteiger partial charge in [0, 0.05) is 6.04 Å². The van der Waals surface area contributed by atoms with Crippen LogP contribution in [0.15, 0.2) is 18.2 Å². The first kappa shape index (κ1) is 16.1. The maximum Gasteiger partial charge on any atom is 0.238 e. The van der Waals surface area contributed by atoms with Crippen molar-refractivity contribution >= 4 is 34.8 Å². The average Bonchev–Trinajstić information content (AvgIpc) is 2.51. The lowest BCUT2D eigenvalue weighted by Crippen LogP contribution is -2.49. The number of carbonyl (C=O) groups is 1. The van der Waals surface area contributed by atoms with E-state index in [1.807, 2.05) is 0 Å². The van der Waals surface area contributed by atoms with E-state index >= 15 is 0 Å². The lowest BCUT2D eigenvalue weighted by molar-refractivity contribution is -0.118. The highest BCUT2D eigenvalue weighted by molar-refractivity contribution is 6.39. The van der Waals surface area contributed by atoms with E-state index in [2.05, 4.69) is 10.2 Å². The molecule has 1 aliphatic heterocycles. The van der Waals surface area contributed by atoms with Crippen LogP contribution in [0.25, 0.3) is 0 Å². The molecule has 0 aromatic heterocycles. The van der Waals surface area contributed by atoms with Crippen molar-refractivity contribution in [1.82, 2.24) is 4.90 Å². The second kappa shape index (κ2) is 7.20. The first-order valence-corrected chi connectivity index (χ1v) is 8.88. The summed E-state index contributed by atoms with van der Waals surface area (Å²) >= 11 is 12.2. The fraction of sp³-hybridized carbons (Fsp3) is 0.588. The van der Waals surface area contributed by atoms with Gasteiger partial charge in [0.15, 0.2) is 0 Å². The molecule has 0 spiro atoms. The number of likely N-dealkylation sites (tertiary alicyclic amines) is 1. The lowest BCUT2D eigenvalue weighted by Gasteiger charge is -2.43. The van der Waals surface area contributed by atoms with Crippen molar-refractivity contribution in [2.24, 2.45) is 5.92 Å². The predicted octanol–water partition coefficient (Wildman–Crippen LogP) is 4.59. The number of anilines is 1. The number of halogens is 2. The minimum Gasteiger partial charge on any atom is -0.322 e. The van der Waals surface area contributed by atoms with Crippen LogP contribution in [0.2, 0.25) is 10.0 Å². The minimum atomic E-state index is -0.0266. The smallest absolute Gasteiger partial charge is 0.238 e. The standard InChI is InChI=1S/C17H22Cl2N2O/c18-13-7-3-8-14(19)17(13)20-16(22)11-21-10-4-6-12-5-1-2-9-15(12)21/h3,7-8,12,15H,1-2,4-6,9-11H2,(H,20,22)/t12-,15-/m0/s1. The summed E-state index contributed by atoms with van der Waals surface area (Å²) in [4.78, 5) is 14.7. The van der Waals surface area contributed by atoms with E-state index in [1.54, 1.807) is 18.2 Å². The molecule has 5 heteroatoms. The van der Waals surface area contributed by atoms with Crippen molar-refractivity contribution in [3.8, 4) is 0 Å². The quantitative estimate of drug-likeness (QED) is 0.872. The molecule has 2 atom stereocenters. The van der Waals surface area contributed by atoms with Crippen LogP contribution in [0, 0.1) is 5.92 Å². The Morgan fingerprint density at radius 2 is 1.82 bits per heavy atom. The first-order valence-electron chi connectivity index (χ1n) is 8.13. The molecule has 1 aromatic carbocycles. The Morgan fingerprint density at radius 3 is 2.59 bits per heavy atom. The highest BCUT2D eigenvalue weighted by Gasteiger charge is 2.33. The molecule has 22 heavy (non-hydrogen) atoms. The molecule has 1 heterocycles. The third kappa shape index (κ3) is 3.58. The maximum absolute atomic E-state index is 12.4. The van der Waals surface area contributed by atoms with Gasteiger partial charge in [-0.25, -0.2) is 0 Å². The highest BCUT2D eigenvalue weighted by Crippen LogP contribution is 2.35. The van der Waals surface area contributed by atoms with Crippen LogP contribution in [-0.2, 0) is 4.79 Å². The van der Waals surface area contributed by atoms with Gasteiger partial charge in [-0.2, -0.15) is 0 Å². The van der Waals surface area contributed by atoms with Gasteiger partial charge in [0.05, 0.1) is 22.3 Å². The number of fused-ring (bicyclic) bond motifs is 1. The van der Waals surface area contributed by atoms with Crippen LogP contribution in [0.3, 0.4) is 0 Å². The van der Waals surface area contributed by atoms with Gasteiger partial charge in [0.2, 0.25) is 5.91 Å². The zero-order chi connectivity index (χ0) is 15.5. The number of carbonyl (C=O) groups excluding carboxylic acids is 1. The van der Waals surface area contributed by atoms with E-state index in [4.69, 9.17) is 23.2 Å². The average molecular weight is 341 g/mol. The maximum atomic E-state index is 12.4. The Hall–Kier alpha value is -0.770. The summed E-state index contributed by atoms with van der Waals surface area (Å²) in [5, 5.41) is 3.84. The van der Waals surface area contributed by atoms with E-state index < -0.39 is 0 Å². The number of hydrogen-bond donors (Lipinski definition) is 1. The van der Waals surface area contributed by atoms with Gasteiger partial charge < -0.3 is 5.32 Å². The molecule has 3 rings (SSSR count). The summed E-state index contributed by atoms with van der Waals surface area (Å²) < 4.78 is 0. The number of benzene rings is 1. The predicted molar refractivity (Wildman–Crippen MR) is 91.6 cm³/mol. The summed E-state index contributed by atoms with van der Waals surface area (Å²) in [6.45, 7) is 1.45. The molecule has 1 amide bonds. The van der Waals surface area contributed by atoms with Crippen molar-refractivity contribution < 1.29 is 4.79 Å². The number of nitrogens with one attached hydrogen (secondary N) is 1. The molecule has 0 unspecified atom stereocenters. The summed E-state index contributed by atoms with van der Waals surface area (Å²) in [5.74, 6) is 0.750. The van der Waals surface area contributed by atoms with Crippen LogP contribution in [0.4, 0.5) is 5.69 Å². The van der Waals surface area contributed by atoms with Gasteiger partial charge in [-0.3, -0.25) is 9.69 Å². The number of amides is 1. The van der Waals surface area contributed by atoms with E-state index in [-0.39, 0.29) is 5.91 Å². The Morgan fingerprint density at radius 1 is 1.14 bits per heavy atom. The molecule has 1 saturated heterocycles. The molecular weight excluding hydrogens is 319 g/mol. The third-order valence-corrected chi connectivity index (χ3v) is 5.56. The zero-order valence-corrected chi connectivity index (χ0v) is 14.2. The van der Waals surface area contributed by atoms with E-state index in [0.29, 0.717) is 28.3 Å². The Labute approximate surface area is 142 Å². The second-order valence-corrected chi connectivity index (χ2v) is 7.18. The monoisotopic (exact) mass is 340 g/mol. The molecule has 1 N–H and O–H groups in total. The largest absolute Gasteiger partial charge is 0.322 e. The summed E-state index contributed by atoms with van der Waals surface area (Å²) in [6, 6.07) is 5.83. The van der Waals surface area contributed by atoms with E-state index in [1.165, 1.54) is 38.5 Å². The van der Waals surface area contributed by atoms with Crippen molar-refractivity contribution in [2.45, 2.75) is 44.6 Å². The van der Waals surface area contributed by atoms with Gasteiger partial charge in [-0.1, -0.05) is 42.1 Å². The molecular formula is C17H22Cl2N2O. The van der Waals surface area contributed by atoms with Gasteiger partial charge in [-0.05, 0) is 50.3 Å². The van der Waals surface area contributed by atoms with Gasteiger partial charge in [-0.15, -0.1) is 0 Å². The number of rotatable bonds is 3. The molecule has 0 bridgehead atoms. The van der Waals surface area contributed by atoms with Crippen molar-refractivity contribution in [1.29, 1.82) is 0 Å². The fourth-order valence-electron chi connectivity index (χ4n) is 3.90. The molecule has 2 aliphatic rings.